The highest BCUT2D eigenvalue weighted by Crippen LogP contribution is 2.05. The lowest BCUT2D eigenvalue weighted by Crippen LogP contribution is -2.17. The van der Waals surface area contributed by atoms with Crippen LogP contribution in [0.1, 0.15) is 40.6 Å². The number of nitrogens with zero attached hydrogens (tertiary/aromatic N) is 2. The van der Waals surface area contributed by atoms with Crippen LogP contribution in [-0.4, -0.2) is 35.1 Å². The lowest BCUT2D eigenvalue weighted by Gasteiger charge is -2.06. The molecule has 1 rings (SSSR count). The largest absolute Gasteiger partial charge is 0.461 e. The molecule has 0 aliphatic rings. The molecule has 0 aliphatic heterocycles. The lowest BCUT2D eigenvalue weighted by atomic mass is 10.3. The molecule has 0 saturated heterocycles. The van der Waals surface area contributed by atoms with Crippen molar-refractivity contribution in [2.45, 2.75) is 20.4 Å². The molecule has 1 aromatic rings. The summed E-state index contributed by atoms with van der Waals surface area (Å²) in [6.07, 6.45) is 0. The van der Waals surface area contributed by atoms with Gasteiger partial charge >= 0.3 is 11.9 Å². The van der Waals surface area contributed by atoms with Gasteiger partial charge in [-0.05, 0) is 19.9 Å². The summed E-state index contributed by atoms with van der Waals surface area (Å²) >= 11 is 0. The molecule has 0 spiro atoms. The molecular weight excluding hydrogens is 238 g/mol. The highest BCUT2D eigenvalue weighted by Gasteiger charge is 2.17. The maximum atomic E-state index is 11.5. The van der Waals surface area contributed by atoms with Gasteiger partial charge in [0.2, 0.25) is 5.82 Å². The number of aromatic nitrogens is 2. The van der Waals surface area contributed by atoms with Crippen molar-refractivity contribution in [2.24, 2.45) is 5.73 Å². The van der Waals surface area contributed by atoms with Crippen molar-refractivity contribution in [1.29, 1.82) is 0 Å². The first-order valence-corrected chi connectivity index (χ1v) is 5.54. The second-order valence-corrected chi connectivity index (χ2v) is 3.21. The molecule has 7 heteroatoms. The van der Waals surface area contributed by atoms with E-state index >= 15 is 0 Å². The van der Waals surface area contributed by atoms with E-state index in [-0.39, 0.29) is 31.3 Å². The van der Waals surface area contributed by atoms with Crippen molar-refractivity contribution in [3.63, 3.8) is 0 Å². The van der Waals surface area contributed by atoms with Gasteiger partial charge < -0.3 is 15.2 Å². The fourth-order valence-corrected chi connectivity index (χ4v) is 1.20. The maximum absolute atomic E-state index is 11.5. The minimum atomic E-state index is -0.696. The molecule has 1 aromatic heterocycles. The zero-order valence-electron chi connectivity index (χ0n) is 10.3. The fourth-order valence-electron chi connectivity index (χ4n) is 1.20. The Morgan fingerprint density at radius 2 is 1.78 bits per heavy atom. The monoisotopic (exact) mass is 253 g/mol. The van der Waals surface area contributed by atoms with Crippen LogP contribution < -0.4 is 5.73 Å². The Balaban J connectivity index is 3.08. The average Bonchev–Trinajstić information content (AvgIpc) is 2.38. The van der Waals surface area contributed by atoms with E-state index in [0.717, 1.165) is 0 Å². The summed E-state index contributed by atoms with van der Waals surface area (Å²) in [6, 6.07) is 1.39. The normalized spacial score (nSPS) is 9.94. The summed E-state index contributed by atoms with van der Waals surface area (Å²) in [7, 11) is 0. The van der Waals surface area contributed by atoms with Crippen molar-refractivity contribution in [3.05, 3.63) is 23.3 Å². The van der Waals surface area contributed by atoms with E-state index in [0.29, 0.717) is 5.69 Å². The topological polar surface area (TPSA) is 104 Å². The molecule has 18 heavy (non-hydrogen) atoms. The summed E-state index contributed by atoms with van der Waals surface area (Å²) < 4.78 is 9.57. The van der Waals surface area contributed by atoms with Gasteiger partial charge in [0, 0.05) is 6.54 Å². The Labute approximate surface area is 104 Å². The number of esters is 2. The zero-order valence-corrected chi connectivity index (χ0v) is 10.3. The number of carbonyl (C=O) groups excluding carboxylic acids is 2. The molecule has 1 heterocycles. The van der Waals surface area contributed by atoms with Crippen LogP contribution >= 0.6 is 0 Å². The fraction of sp³-hybridized carbons (Fsp3) is 0.455. The van der Waals surface area contributed by atoms with Crippen LogP contribution in [0.25, 0.3) is 0 Å². The Hall–Kier alpha value is -2.02. The first kappa shape index (κ1) is 14.0. The van der Waals surface area contributed by atoms with E-state index in [1.807, 2.05) is 0 Å². The molecule has 0 radical (unpaired) electrons. The van der Waals surface area contributed by atoms with Gasteiger partial charge in [0.15, 0.2) is 5.69 Å². The number of hydrogen-bond acceptors (Lipinski definition) is 7. The Morgan fingerprint density at radius 1 is 1.17 bits per heavy atom. The van der Waals surface area contributed by atoms with E-state index in [4.69, 9.17) is 15.2 Å². The van der Waals surface area contributed by atoms with Crippen molar-refractivity contribution >= 4 is 11.9 Å². The van der Waals surface area contributed by atoms with Gasteiger partial charge in [-0.2, -0.15) is 0 Å². The minimum absolute atomic E-state index is 0.00430. The molecule has 98 valence electrons. The second-order valence-electron chi connectivity index (χ2n) is 3.21. The number of carbonyl (C=O) groups is 2. The van der Waals surface area contributed by atoms with E-state index in [2.05, 4.69) is 9.97 Å². The van der Waals surface area contributed by atoms with Crippen LogP contribution in [0.15, 0.2) is 6.07 Å². The third-order valence-electron chi connectivity index (χ3n) is 1.93. The quantitative estimate of drug-likeness (QED) is 0.752. The first-order chi connectivity index (χ1) is 8.62. The SMILES string of the molecule is CCOC(=O)c1cc(CN)nc(C(=O)OCC)n1. The Morgan fingerprint density at radius 3 is 2.33 bits per heavy atom. The number of hydrogen-bond donors (Lipinski definition) is 1. The summed E-state index contributed by atoms with van der Waals surface area (Å²) in [5, 5.41) is 0. The highest BCUT2D eigenvalue weighted by molar-refractivity contribution is 5.90. The molecule has 0 amide bonds. The van der Waals surface area contributed by atoms with Crippen molar-refractivity contribution in [3.8, 4) is 0 Å². The average molecular weight is 253 g/mol. The van der Waals surface area contributed by atoms with Gasteiger partial charge in [-0.25, -0.2) is 19.6 Å². The van der Waals surface area contributed by atoms with E-state index < -0.39 is 11.9 Å². The van der Waals surface area contributed by atoms with Gasteiger partial charge in [-0.1, -0.05) is 0 Å². The van der Waals surface area contributed by atoms with Crippen molar-refractivity contribution < 1.29 is 19.1 Å². The first-order valence-electron chi connectivity index (χ1n) is 5.54. The molecule has 2 N–H and O–H groups in total. The number of nitrogens with two attached hydrogens (primary N) is 1. The van der Waals surface area contributed by atoms with Crippen LogP contribution in [0.5, 0.6) is 0 Å². The predicted molar refractivity (Wildman–Crippen MR) is 61.8 cm³/mol. The van der Waals surface area contributed by atoms with Crippen LogP contribution in [0, 0.1) is 0 Å². The zero-order chi connectivity index (χ0) is 13.5. The van der Waals surface area contributed by atoms with Crippen LogP contribution in [0.3, 0.4) is 0 Å². The van der Waals surface area contributed by atoms with Crippen LogP contribution in [0.2, 0.25) is 0 Å². The summed E-state index contributed by atoms with van der Waals surface area (Å²) in [4.78, 5) is 30.7. The molecular formula is C11H15N3O4. The van der Waals surface area contributed by atoms with Gasteiger partial charge in [0.1, 0.15) is 0 Å². The standard InChI is InChI=1S/C11H15N3O4/c1-3-17-10(15)8-5-7(6-12)13-9(14-8)11(16)18-4-2/h5H,3-4,6,12H2,1-2H3. The molecule has 0 fully saturated rings. The van der Waals surface area contributed by atoms with Gasteiger partial charge in [0.05, 0.1) is 18.9 Å². The van der Waals surface area contributed by atoms with Crippen LogP contribution in [-0.2, 0) is 16.0 Å². The minimum Gasteiger partial charge on any atom is -0.461 e. The summed E-state index contributed by atoms with van der Waals surface area (Å²) in [6.45, 7) is 3.84. The molecule has 0 saturated carbocycles. The molecule has 0 bridgehead atoms. The van der Waals surface area contributed by atoms with E-state index in [9.17, 15) is 9.59 Å². The van der Waals surface area contributed by atoms with E-state index in [1.165, 1.54) is 6.07 Å². The van der Waals surface area contributed by atoms with Crippen molar-refractivity contribution in [1.82, 2.24) is 9.97 Å². The van der Waals surface area contributed by atoms with Gasteiger partial charge in [-0.3, -0.25) is 0 Å². The molecule has 0 atom stereocenters. The van der Waals surface area contributed by atoms with Gasteiger partial charge in [-0.15, -0.1) is 0 Å². The molecule has 0 unspecified atom stereocenters. The molecule has 7 nitrogen and oxygen atoms in total. The second kappa shape index (κ2) is 6.65. The summed E-state index contributed by atoms with van der Waals surface area (Å²) in [5.41, 5.74) is 5.81. The number of rotatable bonds is 5. The molecule has 0 aliphatic carbocycles. The maximum Gasteiger partial charge on any atom is 0.376 e. The van der Waals surface area contributed by atoms with Gasteiger partial charge in [0.25, 0.3) is 0 Å². The lowest BCUT2D eigenvalue weighted by molar-refractivity contribution is 0.0505. The smallest absolute Gasteiger partial charge is 0.376 e. The third kappa shape index (κ3) is 3.49. The Bertz CT molecular complexity index is 412. The number of ether oxygens (including phenoxy) is 2. The highest BCUT2D eigenvalue weighted by atomic mass is 16.5. The summed E-state index contributed by atoms with van der Waals surface area (Å²) in [5.74, 6) is -1.51. The Kier molecular flexibility index (Phi) is 5.19. The predicted octanol–water partition coefficient (Wildman–Crippen LogP) is 0.289. The van der Waals surface area contributed by atoms with Crippen molar-refractivity contribution in [2.75, 3.05) is 13.2 Å². The third-order valence-corrected chi connectivity index (χ3v) is 1.93. The van der Waals surface area contributed by atoms with Crippen LogP contribution in [0.4, 0.5) is 0 Å². The molecule has 0 aromatic carbocycles. The van der Waals surface area contributed by atoms with E-state index in [1.54, 1.807) is 13.8 Å².